The van der Waals surface area contributed by atoms with E-state index in [4.69, 9.17) is 0 Å². The second-order valence-electron chi connectivity index (χ2n) is 3.58. The number of thiocarbonyl (C=S) groups is 1. The number of isothiocyanates is 1. The molecule has 0 aliphatic carbocycles. The molecule has 90 valence electrons. The van der Waals surface area contributed by atoms with Gasteiger partial charge in [0.15, 0.2) is 0 Å². The van der Waals surface area contributed by atoms with Gasteiger partial charge >= 0.3 is 0 Å². The van der Waals surface area contributed by atoms with E-state index in [1.807, 2.05) is 24.3 Å². The molecule has 1 aromatic heterocycles. The first kappa shape index (κ1) is 13.0. The summed E-state index contributed by atoms with van der Waals surface area (Å²) in [4.78, 5) is 7.77. The third-order valence-electron chi connectivity index (χ3n) is 2.44. The van der Waals surface area contributed by atoms with Crippen LogP contribution in [-0.4, -0.2) is 10.1 Å². The second-order valence-corrected chi connectivity index (χ2v) is 4.67. The Labute approximate surface area is 118 Å². The fourth-order valence-electron chi connectivity index (χ4n) is 1.66. The maximum absolute atomic E-state index is 13.8. The van der Waals surface area contributed by atoms with Crippen molar-refractivity contribution in [1.29, 1.82) is 0 Å². The standard InChI is InChI=1S/C13H8BrFN2S/c14-10-3-1-2-9(6-10)13(17-8-18)11-4-5-16-7-12(11)15/h1-7,13H/t13-/m0/s1. The van der Waals surface area contributed by atoms with Gasteiger partial charge in [0.25, 0.3) is 0 Å². The summed E-state index contributed by atoms with van der Waals surface area (Å²) in [5, 5.41) is 2.32. The predicted octanol–water partition coefficient (Wildman–Crippen LogP) is 4.18. The molecule has 2 aromatic rings. The van der Waals surface area contributed by atoms with Crippen LogP contribution in [0.3, 0.4) is 0 Å². The molecule has 2 rings (SSSR count). The fourth-order valence-corrected chi connectivity index (χ4v) is 2.18. The zero-order valence-electron chi connectivity index (χ0n) is 9.18. The van der Waals surface area contributed by atoms with Crippen molar-refractivity contribution in [3.05, 3.63) is 64.1 Å². The first-order valence-corrected chi connectivity index (χ1v) is 6.34. The molecule has 0 saturated carbocycles. The Morgan fingerprint density at radius 2 is 2.22 bits per heavy atom. The lowest BCUT2D eigenvalue weighted by Gasteiger charge is -2.12. The number of halogens is 2. The van der Waals surface area contributed by atoms with E-state index in [-0.39, 0.29) is 0 Å². The monoisotopic (exact) mass is 322 g/mol. The van der Waals surface area contributed by atoms with Crippen molar-refractivity contribution in [2.45, 2.75) is 6.04 Å². The first-order chi connectivity index (χ1) is 8.72. The molecule has 1 atom stereocenters. The quantitative estimate of drug-likeness (QED) is 0.625. The number of benzene rings is 1. The van der Waals surface area contributed by atoms with E-state index in [9.17, 15) is 4.39 Å². The Balaban J connectivity index is 2.53. The van der Waals surface area contributed by atoms with Gasteiger partial charge in [0.2, 0.25) is 0 Å². The highest BCUT2D eigenvalue weighted by Crippen LogP contribution is 2.28. The van der Waals surface area contributed by atoms with Gasteiger partial charge in [-0.15, -0.1) is 0 Å². The molecule has 5 heteroatoms. The van der Waals surface area contributed by atoms with Gasteiger partial charge < -0.3 is 0 Å². The van der Waals surface area contributed by atoms with Crippen LogP contribution < -0.4 is 0 Å². The molecular weight excluding hydrogens is 315 g/mol. The van der Waals surface area contributed by atoms with Crippen molar-refractivity contribution < 1.29 is 4.39 Å². The van der Waals surface area contributed by atoms with Crippen molar-refractivity contribution in [1.82, 2.24) is 4.98 Å². The molecule has 0 N–H and O–H groups in total. The lowest BCUT2D eigenvalue weighted by molar-refractivity contribution is 0.594. The maximum Gasteiger partial charge on any atom is 0.147 e. The minimum atomic E-state index is -0.497. The number of hydrogen-bond donors (Lipinski definition) is 0. The van der Waals surface area contributed by atoms with Gasteiger partial charge in [0, 0.05) is 16.2 Å². The summed E-state index contributed by atoms with van der Waals surface area (Å²) in [5.74, 6) is -0.406. The smallest absolute Gasteiger partial charge is 0.147 e. The van der Waals surface area contributed by atoms with Crippen LogP contribution in [0.25, 0.3) is 0 Å². The number of pyridine rings is 1. The van der Waals surface area contributed by atoms with Crippen molar-refractivity contribution in [3.8, 4) is 0 Å². The number of rotatable bonds is 3. The van der Waals surface area contributed by atoms with Crippen molar-refractivity contribution in [2.75, 3.05) is 0 Å². The fraction of sp³-hybridized carbons (Fsp3) is 0.0769. The molecule has 0 fully saturated rings. The minimum absolute atomic E-state index is 0.406. The van der Waals surface area contributed by atoms with Crippen LogP contribution in [0.15, 0.2) is 52.2 Å². The SMILES string of the molecule is Fc1cnccc1[C@@H](N=C=S)c1cccc(Br)c1. The number of nitrogens with zero attached hydrogens (tertiary/aromatic N) is 2. The summed E-state index contributed by atoms with van der Waals surface area (Å²) in [6.45, 7) is 0. The van der Waals surface area contributed by atoms with Crippen LogP contribution in [-0.2, 0) is 0 Å². The Morgan fingerprint density at radius 3 is 2.89 bits per heavy atom. The van der Waals surface area contributed by atoms with E-state index in [0.717, 1.165) is 10.0 Å². The highest BCUT2D eigenvalue weighted by molar-refractivity contribution is 9.10. The minimum Gasteiger partial charge on any atom is -0.262 e. The molecule has 18 heavy (non-hydrogen) atoms. The topological polar surface area (TPSA) is 25.2 Å². The third-order valence-corrected chi connectivity index (χ3v) is 3.04. The van der Waals surface area contributed by atoms with Gasteiger partial charge in [-0.25, -0.2) is 9.38 Å². The molecule has 1 aromatic carbocycles. The summed E-state index contributed by atoms with van der Waals surface area (Å²) in [6, 6.07) is 8.60. The Kier molecular flexibility index (Phi) is 4.31. The number of hydrogen-bond acceptors (Lipinski definition) is 3. The summed E-state index contributed by atoms with van der Waals surface area (Å²) in [6.07, 6.45) is 2.70. The van der Waals surface area contributed by atoms with E-state index in [1.54, 1.807) is 6.07 Å². The predicted molar refractivity (Wildman–Crippen MR) is 75.2 cm³/mol. The van der Waals surface area contributed by atoms with Crippen molar-refractivity contribution >= 4 is 33.3 Å². The van der Waals surface area contributed by atoms with Crippen LogP contribution in [0.2, 0.25) is 0 Å². The Hall–Kier alpha value is -1.42. The van der Waals surface area contributed by atoms with Crippen LogP contribution in [0.5, 0.6) is 0 Å². The maximum atomic E-state index is 13.8. The van der Waals surface area contributed by atoms with E-state index in [1.165, 1.54) is 12.4 Å². The van der Waals surface area contributed by atoms with Crippen LogP contribution in [0, 0.1) is 5.82 Å². The Morgan fingerprint density at radius 1 is 1.39 bits per heavy atom. The molecule has 0 saturated heterocycles. The number of aromatic nitrogens is 1. The van der Waals surface area contributed by atoms with Gasteiger partial charge in [0.1, 0.15) is 11.9 Å². The highest BCUT2D eigenvalue weighted by Gasteiger charge is 2.16. The van der Waals surface area contributed by atoms with Crippen molar-refractivity contribution in [3.63, 3.8) is 0 Å². The van der Waals surface area contributed by atoms with E-state index < -0.39 is 11.9 Å². The Bertz CT molecular complexity index is 611. The zero-order valence-corrected chi connectivity index (χ0v) is 11.6. The average molecular weight is 323 g/mol. The van der Waals surface area contributed by atoms with Gasteiger partial charge in [-0.1, -0.05) is 28.1 Å². The molecule has 1 heterocycles. The van der Waals surface area contributed by atoms with E-state index >= 15 is 0 Å². The summed E-state index contributed by atoms with van der Waals surface area (Å²) >= 11 is 8.02. The third kappa shape index (κ3) is 2.88. The molecule has 0 aliphatic heterocycles. The normalized spacial score (nSPS) is 11.7. The lowest BCUT2D eigenvalue weighted by Crippen LogP contribution is -2.01. The second kappa shape index (κ2) is 5.96. The van der Waals surface area contributed by atoms with E-state index in [2.05, 4.69) is 43.3 Å². The molecule has 0 amide bonds. The highest BCUT2D eigenvalue weighted by atomic mass is 79.9. The van der Waals surface area contributed by atoms with Crippen molar-refractivity contribution in [2.24, 2.45) is 4.99 Å². The van der Waals surface area contributed by atoms with Crippen LogP contribution >= 0.6 is 28.1 Å². The first-order valence-electron chi connectivity index (χ1n) is 5.14. The lowest BCUT2D eigenvalue weighted by atomic mass is 10.00. The zero-order chi connectivity index (χ0) is 13.0. The van der Waals surface area contributed by atoms with Crippen LogP contribution in [0.4, 0.5) is 4.39 Å². The average Bonchev–Trinajstić information content (AvgIpc) is 2.37. The summed E-state index contributed by atoms with van der Waals surface area (Å²) in [5.41, 5.74) is 1.27. The van der Waals surface area contributed by atoms with E-state index in [0.29, 0.717) is 5.56 Å². The molecule has 2 nitrogen and oxygen atoms in total. The van der Waals surface area contributed by atoms with Gasteiger partial charge in [-0.05, 0) is 36.0 Å². The molecule has 0 radical (unpaired) electrons. The summed E-state index contributed by atoms with van der Waals surface area (Å²) < 4.78 is 14.7. The molecule has 0 bridgehead atoms. The molecule has 0 spiro atoms. The molecule has 0 unspecified atom stereocenters. The molecule has 0 aliphatic rings. The van der Waals surface area contributed by atoms with Gasteiger partial charge in [-0.2, -0.15) is 0 Å². The van der Waals surface area contributed by atoms with Gasteiger partial charge in [-0.3, -0.25) is 4.98 Å². The number of aliphatic imine (C=N–C) groups is 1. The molecular formula is C13H8BrFN2S. The van der Waals surface area contributed by atoms with Gasteiger partial charge in [0.05, 0.1) is 11.4 Å². The largest absolute Gasteiger partial charge is 0.262 e. The van der Waals surface area contributed by atoms with Crippen LogP contribution in [0.1, 0.15) is 17.2 Å². The summed E-state index contributed by atoms with van der Waals surface area (Å²) in [7, 11) is 0.